The van der Waals surface area contributed by atoms with Gasteiger partial charge in [-0.2, -0.15) is 0 Å². The Morgan fingerprint density at radius 1 is 1.29 bits per heavy atom. The fourth-order valence-corrected chi connectivity index (χ4v) is 2.35. The summed E-state index contributed by atoms with van der Waals surface area (Å²) in [6.07, 6.45) is 8.80. The molecule has 2 N–H and O–H groups in total. The third-order valence-corrected chi connectivity index (χ3v) is 3.54. The van der Waals surface area contributed by atoms with Crippen LogP contribution in [0.25, 0.3) is 0 Å². The average molecular weight is 196 g/mol. The molecule has 0 aromatic carbocycles. The molecule has 0 unspecified atom stereocenters. The number of nitrogens with two attached hydrogens (primary N) is 1. The lowest BCUT2D eigenvalue weighted by atomic mass is 9.83. The van der Waals surface area contributed by atoms with E-state index in [4.69, 9.17) is 5.73 Å². The van der Waals surface area contributed by atoms with Crippen molar-refractivity contribution in [2.75, 3.05) is 6.54 Å². The Hall–Kier alpha value is -0.530. The molecule has 1 saturated carbocycles. The van der Waals surface area contributed by atoms with Crippen molar-refractivity contribution in [2.45, 2.75) is 58.8 Å². The molecule has 0 aliphatic heterocycles. The van der Waals surface area contributed by atoms with Crippen molar-refractivity contribution in [1.29, 1.82) is 0 Å². The van der Waals surface area contributed by atoms with Gasteiger partial charge in [0, 0.05) is 13.0 Å². The highest BCUT2D eigenvalue weighted by Gasteiger charge is 2.31. The summed E-state index contributed by atoms with van der Waals surface area (Å²) < 4.78 is 0. The van der Waals surface area contributed by atoms with Gasteiger partial charge in [-0.15, -0.1) is 0 Å². The molecule has 0 spiro atoms. The van der Waals surface area contributed by atoms with Gasteiger partial charge in [-0.3, -0.25) is 4.99 Å². The third kappa shape index (κ3) is 3.00. The molecule has 1 fully saturated rings. The number of nitrogens with zero attached hydrogens (tertiary/aromatic N) is 1. The molecule has 0 aromatic heterocycles. The highest BCUT2D eigenvalue weighted by molar-refractivity contribution is 5.80. The summed E-state index contributed by atoms with van der Waals surface area (Å²) in [5.74, 6) is 0.854. The second-order valence-corrected chi connectivity index (χ2v) is 4.62. The van der Waals surface area contributed by atoms with Gasteiger partial charge in [0.15, 0.2) is 0 Å². The van der Waals surface area contributed by atoms with E-state index in [1.54, 1.807) is 0 Å². The Bertz CT molecular complexity index is 190. The first-order valence-corrected chi connectivity index (χ1v) is 6.01. The van der Waals surface area contributed by atoms with Gasteiger partial charge in [0.1, 0.15) is 0 Å². The number of hydrogen-bond acceptors (Lipinski definition) is 1. The van der Waals surface area contributed by atoms with Crippen molar-refractivity contribution in [3.8, 4) is 0 Å². The third-order valence-electron chi connectivity index (χ3n) is 3.54. The van der Waals surface area contributed by atoms with E-state index in [0.717, 1.165) is 25.2 Å². The standard InChI is InChI=1S/C12H24N2/c1-3-7-11(13)14-10-12(4-2)8-5-6-9-12/h3-10H2,1-2H3,(H2,13,14). The molecular weight excluding hydrogens is 172 g/mol. The smallest absolute Gasteiger partial charge is 0.0937 e. The van der Waals surface area contributed by atoms with E-state index < -0.39 is 0 Å². The summed E-state index contributed by atoms with van der Waals surface area (Å²) >= 11 is 0. The van der Waals surface area contributed by atoms with Crippen molar-refractivity contribution in [2.24, 2.45) is 16.1 Å². The predicted molar refractivity (Wildman–Crippen MR) is 62.6 cm³/mol. The Balaban J connectivity index is 2.44. The maximum Gasteiger partial charge on any atom is 0.0937 e. The monoisotopic (exact) mass is 196 g/mol. The van der Waals surface area contributed by atoms with Gasteiger partial charge in [0.2, 0.25) is 0 Å². The first kappa shape index (κ1) is 11.5. The molecule has 0 amide bonds. The first-order valence-electron chi connectivity index (χ1n) is 6.01. The minimum absolute atomic E-state index is 0.498. The molecule has 14 heavy (non-hydrogen) atoms. The van der Waals surface area contributed by atoms with Gasteiger partial charge in [-0.25, -0.2) is 0 Å². The summed E-state index contributed by atoms with van der Waals surface area (Å²) in [6, 6.07) is 0. The van der Waals surface area contributed by atoms with Crippen LogP contribution in [-0.2, 0) is 0 Å². The summed E-state index contributed by atoms with van der Waals surface area (Å²) in [6.45, 7) is 5.40. The molecule has 0 aromatic rings. The van der Waals surface area contributed by atoms with E-state index in [1.165, 1.54) is 32.1 Å². The van der Waals surface area contributed by atoms with Crippen LogP contribution >= 0.6 is 0 Å². The van der Waals surface area contributed by atoms with E-state index in [0.29, 0.717) is 5.41 Å². The van der Waals surface area contributed by atoms with Crippen molar-refractivity contribution in [1.82, 2.24) is 0 Å². The maximum atomic E-state index is 5.83. The van der Waals surface area contributed by atoms with Crippen LogP contribution in [0.4, 0.5) is 0 Å². The Morgan fingerprint density at radius 3 is 2.43 bits per heavy atom. The molecule has 0 saturated heterocycles. The van der Waals surface area contributed by atoms with Crippen molar-refractivity contribution >= 4 is 5.84 Å². The van der Waals surface area contributed by atoms with E-state index in [-0.39, 0.29) is 0 Å². The number of rotatable bonds is 5. The fourth-order valence-electron chi connectivity index (χ4n) is 2.35. The molecular formula is C12H24N2. The zero-order valence-corrected chi connectivity index (χ0v) is 9.68. The van der Waals surface area contributed by atoms with Crippen LogP contribution in [-0.4, -0.2) is 12.4 Å². The van der Waals surface area contributed by atoms with Crippen LogP contribution in [0.2, 0.25) is 0 Å². The molecule has 0 bridgehead atoms. The van der Waals surface area contributed by atoms with Crippen LogP contribution in [0, 0.1) is 5.41 Å². The lowest BCUT2D eigenvalue weighted by Gasteiger charge is -2.25. The normalized spacial score (nSPS) is 21.4. The SMILES string of the molecule is CCCC(N)=NCC1(CC)CCCC1. The molecule has 1 aliphatic carbocycles. The van der Waals surface area contributed by atoms with Crippen LogP contribution in [0.1, 0.15) is 58.8 Å². The quantitative estimate of drug-likeness (QED) is 0.532. The molecule has 0 radical (unpaired) electrons. The molecule has 2 heteroatoms. The van der Waals surface area contributed by atoms with Crippen molar-refractivity contribution in [3.63, 3.8) is 0 Å². The molecule has 1 aliphatic rings. The van der Waals surface area contributed by atoms with E-state index in [1.807, 2.05) is 0 Å². The molecule has 82 valence electrons. The Morgan fingerprint density at radius 2 is 1.93 bits per heavy atom. The van der Waals surface area contributed by atoms with E-state index in [9.17, 15) is 0 Å². The maximum absolute atomic E-state index is 5.83. The lowest BCUT2D eigenvalue weighted by molar-refractivity contribution is 0.297. The van der Waals surface area contributed by atoms with Gasteiger partial charge in [-0.1, -0.05) is 26.7 Å². The van der Waals surface area contributed by atoms with Gasteiger partial charge in [-0.05, 0) is 31.1 Å². The van der Waals surface area contributed by atoms with Crippen molar-refractivity contribution < 1.29 is 0 Å². The van der Waals surface area contributed by atoms with Crippen molar-refractivity contribution in [3.05, 3.63) is 0 Å². The van der Waals surface area contributed by atoms with Crippen LogP contribution in [0.5, 0.6) is 0 Å². The van der Waals surface area contributed by atoms with Crippen LogP contribution < -0.4 is 5.73 Å². The zero-order valence-electron chi connectivity index (χ0n) is 9.68. The largest absolute Gasteiger partial charge is 0.387 e. The molecule has 1 rings (SSSR count). The number of aliphatic imine (C=N–C) groups is 1. The Labute approximate surface area is 88.0 Å². The van der Waals surface area contributed by atoms with Crippen LogP contribution in [0.3, 0.4) is 0 Å². The highest BCUT2D eigenvalue weighted by atomic mass is 14.9. The fraction of sp³-hybridized carbons (Fsp3) is 0.917. The van der Waals surface area contributed by atoms with Gasteiger partial charge in [0.25, 0.3) is 0 Å². The summed E-state index contributed by atoms with van der Waals surface area (Å²) in [5, 5.41) is 0. The summed E-state index contributed by atoms with van der Waals surface area (Å²) in [5.41, 5.74) is 6.32. The summed E-state index contributed by atoms with van der Waals surface area (Å²) in [7, 11) is 0. The zero-order chi connectivity index (χ0) is 10.4. The second-order valence-electron chi connectivity index (χ2n) is 4.62. The molecule has 0 atom stereocenters. The topological polar surface area (TPSA) is 38.4 Å². The average Bonchev–Trinajstić information content (AvgIpc) is 2.65. The van der Waals surface area contributed by atoms with Gasteiger partial charge in [0.05, 0.1) is 5.84 Å². The van der Waals surface area contributed by atoms with E-state index in [2.05, 4.69) is 18.8 Å². The number of amidine groups is 1. The van der Waals surface area contributed by atoms with E-state index >= 15 is 0 Å². The van der Waals surface area contributed by atoms with Gasteiger partial charge >= 0.3 is 0 Å². The second kappa shape index (κ2) is 5.38. The Kier molecular flexibility index (Phi) is 4.43. The van der Waals surface area contributed by atoms with Gasteiger partial charge < -0.3 is 5.73 Å². The predicted octanol–water partition coefficient (Wildman–Crippen LogP) is 3.11. The molecule has 2 nitrogen and oxygen atoms in total. The van der Waals surface area contributed by atoms with Crippen LogP contribution in [0.15, 0.2) is 4.99 Å². The minimum Gasteiger partial charge on any atom is -0.387 e. The summed E-state index contributed by atoms with van der Waals surface area (Å²) in [4.78, 5) is 4.53. The number of hydrogen-bond donors (Lipinski definition) is 1. The highest BCUT2D eigenvalue weighted by Crippen LogP contribution is 2.41. The minimum atomic E-state index is 0.498. The first-order chi connectivity index (χ1) is 6.72. The lowest BCUT2D eigenvalue weighted by Crippen LogP contribution is -2.22. The molecule has 0 heterocycles.